The highest BCUT2D eigenvalue weighted by Gasteiger charge is 2.21. The summed E-state index contributed by atoms with van der Waals surface area (Å²) in [6.07, 6.45) is -0.425. The van der Waals surface area contributed by atoms with Crippen LogP contribution in [0.4, 0.5) is 0 Å². The molecular formula is C26H27Cl2N3O. The van der Waals surface area contributed by atoms with Crippen LogP contribution in [-0.4, -0.2) is 58.3 Å². The van der Waals surface area contributed by atoms with Gasteiger partial charge in [0.25, 0.3) is 0 Å². The second-order valence-electron chi connectivity index (χ2n) is 8.61. The van der Waals surface area contributed by atoms with Crippen LogP contribution >= 0.6 is 23.2 Å². The van der Waals surface area contributed by atoms with Crippen LogP contribution in [0.3, 0.4) is 0 Å². The van der Waals surface area contributed by atoms with Crippen molar-refractivity contribution in [2.24, 2.45) is 0 Å². The number of aliphatic hydroxyl groups is 1. The Kier molecular flexibility index (Phi) is 6.40. The molecule has 1 atom stereocenters. The van der Waals surface area contributed by atoms with Gasteiger partial charge in [-0.2, -0.15) is 0 Å². The van der Waals surface area contributed by atoms with Crippen molar-refractivity contribution in [1.82, 2.24) is 14.4 Å². The molecule has 0 amide bonds. The van der Waals surface area contributed by atoms with E-state index in [0.29, 0.717) is 18.1 Å². The zero-order valence-electron chi connectivity index (χ0n) is 17.9. The van der Waals surface area contributed by atoms with Crippen LogP contribution in [0.1, 0.15) is 5.56 Å². The van der Waals surface area contributed by atoms with E-state index in [-0.39, 0.29) is 0 Å². The SMILES string of the molecule is O[C@@H](CN1CCN(Cc2ccc(Cl)cc2Cl)CC1)Cn1c2ccccc2c2ccccc21. The Morgan fingerprint density at radius 3 is 1.97 bits per heavy atom. The molecule has 3 aromatic carbocycles. The highest BCUT2D eigenvalue weighted by Crippen LogP contribution is 2.29. The molecule has 1 aromatic heterocycles. The van der Waals surface area contributed by atoms with E-state index in [0.717, 1.165) is 43.3 Å². The summed E-state index contributed by atoms with van der Waals surface area (Å²) in [6, 6.07) is 22.6. The molecule has 0 unspecified atom stereocenters. The molecule has 0 radical (unpaired) electrons. The molecule has 1 N–H and O–H groups in total. The molecule has 0 saturated carbocycles. The largest absolute Gasteiger partial charge is 0.390 e. The lowest BCUT2D eigenvalue weighted by Crippen LogP contribution is -2.48. The van der Waals surface area contributed by atoms with Gasteiger partial charge >= 0.3 is 0 Å². The molecule has 1 fully saturated rings. The summed E-state index contributed by atoms with van der Waals surface area (Å²) >= 11 is 12.4. The average molecular weight is 468 g/mol. The number of rotatable bonds is 6. The van der Waals surface area contributed by atoms with E-state index < -0.39 is 6.10 Å². The van der Waals surface area contributed by atoms with E-state index in [2.05, 4.69) is 62.9 Å². The molecule has 6 heteroatoms. The Balaban J connectivity index is 1.21. The number of fused-ring (bicyclic) bond motifs is 3. The standard InChI is InChI=1S/C26H27Cl2N3O/c27-20-10-9-19(24(28)15-20)16-29-11-13-30(14-12-29)17-21(32)18-31-25-7-3-1-5-22(25)23-6-2-4-8-26(23)31/h1-10,15,21,32H,11-14,16-18H2/t21-/m0/s1. The Labute approximate surface area is 198 Å². The zero-order valence-corrected chi connectivity index (χ0v) is 19.4. The highest BCUT2D eigenvalue weighted by molar-refractivity contribution is 6.35. The average Bonchev–Trinajstić information content (AvgIpc) is 3.11. The van der Waals surface area contributed by atoms with Crippen LogP contribution in [0, 0.1) is 0 Å². The van der Waals surface area contributed by atoms with Crippen molar-refractivity contribution in [1.29, 1.82) is 0 Å². The first kappa shape index (κ1) is 21.7. The first-order chi connectivity index (χ1) is 15.6. The van der Waals surface area contributed by atoms with Gasteiger partial charge in [0.15, 0.2) is 0 Å². The third kappa shape index (κ3) is 4.52. The van der Waals surface area contributed by atoms with Gasteiger partial charge in [0.1, 0.15) is 0 Å². The fourth-order valence-corrected chi connectivity index (χ4v) is 5.26. The summed E-state index contributed by atoms with van der Waals surface area (Å²) < 4.78 is 2.26. The number of hydrogen-bond acceptors (Lipinski definition) is 3. The summed E-state index contributed by atoms with van der Waals surface area (Å²) in [5.74, 6) is 0. The first-order valence-electron chi connectivity index (χ1n) is 11.1. The molecule has 5 rings (SSSR count). The predicted octanol–water partition coefficient (Wildman–Crippen LogP) is 5.28. The first-order valence-corrected chi connectivity index (χ1v) is 11.9. The van der Waals surface area contributed by atoms with E-state index in [4.69, 9.17) is 23.2 Å². The number of β-amino-alcohol motifs (C(OH)–C–C–N with tert-alkyl or cyclic N) is 1. The van der Waals surface area contributed by atoms with Crippen molar-refractivity contribution >= 4 is 45.0 Å². The van der Waals surface area contributed by atoms with Gasteiger partial charge in [-0.15, -0.1) is 0 Å². The topological polar surface area (TPSA) is 31.6 Å². The van der Waals surface area contributed by atoms with Gasteiger partial charge in [0, 0.05) is 71.1 Å². The lowest BCUT2D eigenvalue weighted by molar-refractivity contribution is 0.0634. The Hall–Kier alpha value is -2.08. The molecule has 4 aromatic rings. The van der Waals surface area contributed by atoms with Crippen LogP contribution < -0.4 is 0 Å². The second-order valence-corrected chi connectivity index (χ2v) is 9.45. The summed E-state index contributed by atoms with van der Waals surface area (Å²) in [5.41, 5.74) is 3.46. The van der Waals surface area contributed by atoms with E-state index >= 15 is 0 Å². The Morgan fingerprint density at radius 2 is 1.34 bits per heavy atom. The van der Waals surface area contributed by atoms with Crippen molar-refractivity contribution in [3.05, 3.63) is 82.3 Å². The fourth-order valence-electron chi connectivity index (χ4n) is 4.79. The van der Waals surface area contributed by atoms with E-state index in [1.807, 2.05) is 12.1 Å². The van der Waals surface area contributed by atoms with Gasteiger partial charge < -0.3 is 9.67 Å². The van der Waals surface area contributed by atoms with E-state index in [9.17, 15) is 5.11 Å². The summed E-state index contributed by atoms with van der Waals surface area (Å²) in [5, 5.41) is 14.8. The van der Waals surface area contributed by atoms with Gasteiger partial charge in [-0.25, -0.2) is 0 Å². The molecule has 1 aliphatic rings. The number of benzene rings is 3. The van der Waals surface area contributed by atoms with E-state index in [1.165, 1.54) is 21.8 Å². The maximum absolute atomic E-state index is 10.9. The van der Waals surface area contributed by atoms with Crippen LogP contribution in [-0.2, 0) is 13.1 Å². The van der Waals surface area contributed by atoms with Crippen LogP contribution in [0.5, 0.6) is 0 Å². The normalized spacial score (nSPS) is 16.7. The maximum atomic E-state index is 10.9. The molecule has 0 bridgehead atoms. The minimum atomic E-state index is -0.425. The summed E-state index contributed by atoms with van der Waals surface area (Å²) in [6.45, 7) is 5.89. The minimum absolute atomic E-state index is 0.425. The number of para-hydroxylation sites is 2. The summed E-state index contributed by atoms with van der Waals surface area (Å²) in [7, 11) is 0. The second kappa shape index (κ2) is 9.42. The molecule has 0 spiro atoms. The van der Waals surface area contributed by atoms with Crippen LogP contribution in [0.25, 0.3) is 21.8 Å². The third-order valence-electron chi connectivity index (χ3n) is 6.42. The summed E-state index contributed by atoms with van der Waals surface area (Å²) in [4.78, 5) is 4.77. The predicted molar refractivity (Wildman–Crippen MR) is 134 cm³/mol. The van der Waals surface area contributed by atoms with Gasteiger partial charge in [-0.1, -0.05) is 65.7 Å². The van der Waals surface area contributed by atoms with Gasteiger partial charge in [-0.3, -0.25) is 9.80 Å². The molecule has 1 saturated heterocycles. The smallest absolute Gasteiger partial charge is 0.0845 e. The molecular weight excluding hydrogens is 441 g/mol. The van der Waals surface area contributed by atoms with Gasteiger partial charge in [-0.05, 0) is 29.8 Å². The highest BCUT2D eigenvalue weighted by atomic mass is 35.5. The third-order valence-corrected chi connectivity index (χ3v) is 7.00. The number of nitrogens with zero attached hydrogens (tertiary/aromatic N) is 3. The maximum Gasteiger partial charge on any atom is 0.0845 e. The number of aliphatic hydroxyl groups excluding tert-OH is 1. The van der Waals surface area contributed by atoms with Crippen LogP contribution in [0.2, 0.25) is 10.0 Å². The lowest BCUT2D eigenvalue weighted by Gasteiger charge is -2.35. The lowest BCUT2D eigenvalue weighted by atomic mass is 10.2. The van der Waals surface area contributed by atoms with Crippen molar-refractivity contribution in [3.63, 3.8) is 0 Å². The quantitative estimate of drug-likeness (QED) is 0.418. The van der Waals surface area contributed by atoms with Crippen molar-refractivity contribution < 1.29 is 5.11 Å². The molecule has 0 aliphatic carbocycles. The monoisotopic (exact) mass is 467 g/mol. The van der Waals surface area contributed by atoms with Crippen LogP contribution in [0.15, 0.2) is 66.7 Å². The molecule has 1 aliphatic heterocycles. The van der Waals surface area contributed by atoms with Gasteiger partial charge in [0.2, 0.25) is 0 Å². The molecule has 166 valence electrons. The van der Waals surface area contributed by atoms with Crippen molar-refractivity contribution in [2.75, 3.05) is 32.7 Å². The Morgan fingerprint density at radius 1 is 0.750 bits per heavy atom. The molecule has 2 heterocycles. The number of aromatic nitrogens is 1. The number of halogens is 2. The number of hydrogen-bond donors (Lipinski definition) is 1. The Bertz CT molecular complexity index is 1180. The molecule has 4 nitrogen and oxygen atoms in total. The fraction of sp³-hybridized carbons (Fsp3) is 0.308. The zero-order chi connectivity index (χ0) is 22.1. The minimum Gasteiger partial charge on any atom is -0.390 e. The van der Waals surface area contributed by atoms with Crippen molar-refractivity contribution in [3.8, 4) is 0 Å². The molecule has 32 heavy (non-hydrogen) atoms. The van der Waals surface area contributed by atoms with Gasteiger partial charge in [0.05, 0.1) is 12.6 Å². The van der Waals surface area contributed by atoms with E-state index in [1.54, 1.807) is 6.07 Å². The number of piperazine rings is 1. The van der Waals surface area contributed by atoms with Crippen molar-refractivity contribution in [2.45, 2.75) is 19.2 Å².